The second kappa shape index (κ2) is 4.95. The Labute approximate surface area is 90.2 Å². The van der Waals surface area contributed by atoms with Crippen LogP contribution in [0.3, 0.4) is 0 Å². The van der Waals surface area contributed by atoms with Gasteiger partial charge in [-0.2, -0.15) is 0 Å². The van der Waals surface area contributed by atoms with Gasteiger partial charge >= 0.3 is 5.97 Å². The number of methoxy groups -OCH3 is 1. The number of halogens is 2. The van der Waals surface area contributed by atoms with Gasteiger partial charge in [0, 0.05) is 7.11 Å². The summed E-state index contributed by atoms with van der Waals surface area (Å²) in [6, 6.07) is 1.94. The lowest BCUT2D eigenvalue weighted by Gasteiger charge is -2.08. The molecular weight excluding hydrogens is 227 g/mol. The Morgan fingerprint density at radius 2 is 2.27 bits per heavy atom. The molecule has 0 aliphatic heterocycles. The topological polar surface area (TPSA) is 55.8 Å². The highest BCUT2D eigenvalue weighted by molar-refractivity contribution is 6.32. The van der Waals surface area contributed by atoms with Gasteiger partial charge in [-0.1, -0.05) is 11.6 Å². The van der Waals surface area contributed by atoms with Crippen molar-refractivity contribution in [3.8, 4) is 5.75 Å². The SMILES string of the molecule is COCOc1c(F)cc(C(=O)O)cc1Cl. The minimum absolute atomic E-state index is 0.107. The third kappa shape index (κ3) is 2.81. The molecule has 0 bridgehead atoms. The molecule has 1 aromatic carbocycles. The fraction of sp³-hybridized carbons (Fsp3) is 0.222. The second-order valence-electron chi connectivity index (χ2n) is 2.63. The van der Waals surface area contributed by atoms with Crippen LogP contribution in [0.15, 0.2) is 12.1 Å². The summed E-state index contributed by atoms with van der Waals surface area (Å²) < 4.78 is 22.7. The van der Waals surface area contributed by atoms with Gasteiger partial charge in [-0.15, -0.1) is 0 Å². The van der Waals surface area contributed by atoms with Gasteiger partial charge < -0.3 is 14.6 Å². The molecule has 0 aliphatic rings. The number of carboxylic acids is 1. The Morgan fingerprint density at radius 1 is 1.60 bits per heavy atom. The molecule has 1 aromatic rings. The van der Waals surface area contributed by atoms with Gasteiger partial charge in [0.2, 0.25) is 0 Å². The van der Waals surface area contributed by atoms with Crippen molar-refractivity contribution in [2.24, 2.45) is 0 Å². The lowest BCUT2D eigenvalue weighted by molar-refractivity contribution is 0.0483. The highest BCUT2D eigenvalue weighted by Crippen LogP contribution is 2.29. The smallest absolute Gasteiger partial charge is 0.335 e. The summed E-state index contributed by atoms with van der Waals surface area (Å²) in [5, 5.41) is 8.50. The summed E-state index contributed by atoms with van der Waals surface area (Å²) in [6.07, 6.45) is 0. The predicted octanol–water partition coefficient (Wildman–Crippen LogP) is 2.16. The first-order valence-corrected chi connectivity index (χ1v) is 4.28. The maximum atomic E-state index is 13.3. The first-order valence-electron chi connectivity index (χ1n) is 3.90. The van der Waals surface area contributed by atoms with Crippen LogP contribution in [0.5, 0.6) is 5.75 Å². The first kappa shape index (κ1) is 11.7. The van der Waals surface area contributed by atoms with Crippen LogP contribution >= 0.6 is 11.6 Å². The van der Waals surface area contributed by atoms with Gasteiger partial charge in [-0.25, -0.2) is 9.18 Å². The van der Waals surface area contributed by atoms with E-state index in [9.17, 15) is 9.18 Å². The van der Waals surface area contributed by atoms with Gasteiger partial charge in [0.15, 0.2) is 18.4 Å². The Balaban J connectivity index is 3.04. The van der Waals surface area contributed by atoms with Crippen LogP contribution in [0.1, 0.15) is 10.4 Å². The molecule has 0 spiro atoms. The summed E-state index contributed by atoms with van der Waals surface area (Å²) in [6.45, 7) is -0.164. The van der Waals surface area contributed by atoms with E-state index in [0.717, 1.165) is 12.1 Å². The van der Waals surface area contributed by atoms with E-state index in [0.29, 0.717) is 0 Å². The fourth-order valence-corrected chi connectivity index (χ4v) is 1.20. The molecule has 0 saturated heterocycles. The molecule has 1 rings (SSSR count). The average molecular weight is 235 g/mol. The summed E-state index contributed by atoms with van der Waals surface area (Å²) in [5.41, 5.74) is -0.234. The van der Waals surface area contributed by atoms with E-state index < -0.39 is 11.8 Å². The number of rotatable bonds is 4. The highest BCUT2D eigenvalue weighted by atomic mass is 35.5. The third-order valence-corrected chi connectivity index (χ3v) is 1.85. The monoisotopic (exact) mass is 234 g/mol. The van der Waals surface area contributed by atoms with Crippen molar-refractivity contribution in [1.29, 1.82) is 0 Å². The van der Waals surface area contributed by atoms with Crippen LogP contribution in [0.2, 0.25) is 5.02 Å². The molecule has 1 N–H and O–H groups in total. The van der Waals surface area contributed by atoms with Crippen molar-refractivity contribution in [3.63, 3.8) is 0 Å². The van der Waals surface area contributed by atoms with E-state index in [1.165, 1.54) is 7.11 Å². The molecule has 0 aromatic heterocycles. The van der Waals surface area contributed by atoms with Gasteiger partial charge in [0.05, 0.1) is 10.6 Å². The van der Waals surface area contributed by atoms with Gasteiger partial charge in [-0.3, -0.25) is 0 Å². The maximum Gasteiger partial charge on any atom is 0.335 e. The van der Waals surface area contributed by atoms with Crippen LogP contribution < -0.4 is 4.74 Å². The van der Waals surface area contributed by atoms with Crippen LogP contribution in [-0.2, 0) is 4.74 Å². The Bertz CT molecular complexity index is 357. The average Bonchev–Trinajstić information content (AvgIpc) is 2.16. The maximum absolute atomic E-state index is 13.3. The van der Waals surface area contributed by atoms with E-state index >= 15 is 0 Å². The van der Waals surface area contributed by atoms with Crippen LogP contribution in [0, 0.1) is 5.82 Å². The zero-order valence-electron chi connectivity index (χ0n) is 7.79. The number of ether oxygens (including phenoxy) is 2. The number of hydrogen-bond acceptors (Lipinski definition) is 3. The van der Waals surface area contributed by atoms with Crippen molar-refractivity contribution in [1.82, 2.24) is 0 Å². The highest BCUT2D eigenvalue weighted by Gasteiger charge is 2.14. The summed E-state index contributed by atoms with van der Waals surface area (Å²) in [5.74, 6) is -2.31. The van der Waals surface area contributed by atoms with Crippen molar-refractivity contribution >= 4 is 17.6 Å². The molecule has 0 radical (unpaired) electrons. The van der Waals surface area contributed by atoms with Crippen LogP contribution in [-0.4, -0.2) is 25.0 Å². The van der Waals surface area contributed by atoms with Crippen molar-refractivity contribution in [2.45, 2.75) is 0 Å². The first-order chi connectivity index (χ1) is 7.06. The Kier molecular flexibility index (Phi) is 3.88. The fourth-order valence-electron chi connectivity index (χ4n) is 0.939. The predicted molar refractivity (Wildman–Crippen MR) is 50.9 cm³/mol. The molecule has 0 atom stereocenters. The molecule has 0 fully saturated rings. The molecule has 0 saturated carbocycles. The van der Waals surface area contributed by atoms with E-state index in [1.54, 1.807) is 0 Å². The number of carboxylic acid groups (broad SMARTS) is 1. The van der Waals surface area contributed by atoms with Crippen molar-refractivity contribution in [2.75, 3.05) is 13.9 Å². The normalized spacial score (nSPS) is 10.1. The van der Waals surface area contributed by atoms with Crippen LogP contribution in [0.4, 0.5) is 4.39 Å². The van der Waals surface area contributed by atoms with E-state index in [4.69, 9.17) is 21.4 Å². The standard InChI is InChI=1S/C9H8ClFO4/c1-14-4-15-8-6(10)2-5(9(12)13)3-7(8)11/h2-3H,4H2,1H3,(H,12,13). The molecule has 0 aliphatic carbocycles. The zero-order valence-corrected chi connectivity index (χ0v) is 8.55. The molecule has 0 amide bonds. The number of benzene rings is 1. The van der Waals surface area contributed by atoms with E-state index in [1.807, 2.05) is 0 Å². The molecule has 4 nitrogen and oxygen atoms in total. The number of carbonyl (C=O) groups is 1. The van der Waals surface area contributed by atoms with Crippen molar-refractivity contribution in [3.05, 3.63) is 28.5 Å². The lowest BCUT2D eigenvalue weighted by Crippen LogP contribution is -2.04. The van der Waals surface area contributed by atoms with Crippen molar-refractivity contribution < 1.29 is 23.8 Å². The minimum Gasteiger partial charge on any atom is -0.478 e. The van der Waals surface area contributed by atoms with Gasteiger partial charge in [0.1, 0.15) is 0 Å². The summed E-state index contributed by atoms with van der Waals surface area (Å²) >= 11 is 5.63. The molecular formula is C9H8ClFO4. The third-order valence-electron chi connectivity index (χ3n) is 1.57. The van der Waals surface area contributed by atoms with Crippen LogP contribution in [0.25, 0.3) is 0 Å². The quantitative estimate of drug-likeness (QED) is 0.811. The van der Waals surface area contributed by atoms with E-state index in [2.05, 4.69) is 4.74 Å². The number of hydrogen-bond donors (Lipinski definition) is 1. The lowest BCUT2D eigenvalue weighted by atomic mass is 10.2. The largest absolute Gasteiger partial charge is 0.478 e. The Hall–Kier alpha value is -1.33. The minimum atomic E-state index is -1.26. The molecule has 0 unspecified atom stereocenters. The molecule has 15 heavy (non-hydrogen) atoms. The molecule has 82 valence electrons. The number of aromatic carboxylic acids is 1. The Morgan fingerprint density at radius 3 is 2.73 bits per heavy atom. The molecule has 6 heteroatoms. The second-order valence-corrected chi connectivity index (χ2v) is 3.03. The van der Waals surface area contributed by atoms with Gasteiger partial charge in [0.25, 0.3) is 0 Å². The summed E-state index contributed by atoms with van der Waals surface area (Å²) in [4.78, 5) is 10.5. The summed E-state index contributed by atoms with van der Waals surface area (Å²) in [7, 11) is 1.37. The van der Waals surface area contributed by atoms with Gasteiger partial charge in [-0.05, 0) is 12.1 Å². The van der Waals surface area contributed by atoms with E-state index in [-0.39, 0.29) is 23.1 Å². The molecule has 0 heterocycles. The zero-order chi connectivity index (χ0) is 11.4.